The van der Waals surface area contributed by atoms with Crippen molar-refractivity contribution in [3.05, 3.63) is 39.9 Å². The Bertz CT molecular complexity index is 872. The standard InChI is InChI=1S/C17H19N3O4/c1-10(15(18)21)24-17(23)11-6-7-12-13(9-11)19-14-5-3-2-4-8-20(14)16(12)22/h6-7,9-10H,2-5,8H2,1H3,(H2,18,21)/t10-/m1/s1. The minimum atomic E-state index is -1.01. The number of nitrogens with two attached hydrogens (primary N) is 1. The number of benzene rings is 1. The lowest BCUT2D eigenvalue weighted by atomic mass is 10.1. The van der Waals surface area contributed by atoms with Gasteiger partial charge in [0.15, 0.2) is 6.10 Å². The molecule has 1 atom stereocenters. The van der Waals surface area contributed by atoms with Crippen molar-refractivity contribution in [2.45, 2.75) is 45.3 Å². The van der Waals surface area contributed by atoms with Crippen LogP contribution in [0.3, 0.4) is 0 Å². The van der Waals surface area contributed by atoms with E-state index in [1.807, 2.05) is 0 Å². The highest BCUT2D eigenvalue weighted by Crippen LogP contribution is 2.17. The number of amides is 1. The van der Waals surface area contributed by atoms with Gasteiger partial charge in [-0.3, -0.25) is 14.2 Å². The smallest absolute Gasteiger partial charge is 0.338 e. The second-order valence-corrected chi connectivity index (χ2v) is 5.98. The molecule has 0 saturated heterocycles. The summed E-state index contributed by atoms with van der Waals surface area (Å²) in [6.07, 6.45) is 2.77. The molecule has 1 amide bonds. The highest BCUT2D eigenvalue weighted by Gasteiger charge is 2.18. The first kappa shape index (κ1) is 16.2. The molecule has 126 valence electrons. The predicted octanol–water partition coefficient (Wildman–Crippen LogP) is 1.15. The minimum absolute atomic E-state index is 0.0812. The molecule has 0 radical (unpaired) electrons. The van der Waals surface area contributed by atoms with Crippen molar-refractivity contribution in [3.8, 4) is 0 Å². The first-order valence-electron chi connectivity index (χ1n) is 8.01. The van der Waals surface area contributed by atoms with Gasteiger partial charge >= 0.3 is 5.97 Å². The topological polar surface area (TPSA) is 104 Å². The van der Waals surface area contributed by atoms with E-state index in [9.17, 15) is 14.4 Å². The van der Waals surface area contributed by atoms with E-state index >= 15 is 0 Å². The van der Waals surface area contributed by atoms with E-state index < -0.39 is 18.0 Å². The summed E-state index contributed by atoms with van der Waals surface area (Å²) in [5.74, 6) is -0.633. The minimum Gasteiger partial charge on any atom is -0.449 e. The maximum atomic E-state index is 12.6. The second kappa shape index (κ2) is 6.43. The number of carbonyl (C=O) groups excluding carboxylic acids is 2. The van der Waals surface area contributed by atoms with E-state index in [2.05, 4.69) is 4.98 Å². The molecule has 1 aromatic heterocycles. The third kappa shape index (κ3) is 3.02. The van der Waals surface area contributed by atoms with Gasteiger partial charge < -0.3 is 10.5 Å². The Kier molecular flexibility index (Phi) is 4.33. The van der Waals surface area contributed by atoms with E-state index in [0.29, 0.717) is 17.4 Å². The van der Waals surface area contributed by atoms with Crippen LogP contribution in [0, 0.1) is 0 Å². The number of esters is 1. The van der Waals surface area contributed by atoms with E-state index in [4.69, 9.17) is 10.5 Å². The second-order valence-electron chi connectivity index (χ2n) is 5.98. The molecule has 1 aliphatic heterocycles. The first-order valence-corrected chi connectivity index (χ1v) is 8.01. The Morgan fingerprint density at radius 3 is 2.83 bits per heavy atom. The molecule has 3 rings (SSSR count). The number of nitrogens with zero attached hydrogens (tertiary/aromatic N) is 2. The van der Waals surface area contributed by atoms with Crippen LogP contribution in [0.2, 0.25) is 0 Å². The molecule has 1 aliphatic rings. The van der Waals surface area contributed by atoms with Crippen LogP contribution in [0.5, 0.6) is 0 Å². The van der Waals surface area contributed by atoms with Crippen molar-refractivity contribution >= 4 is 22.8 Å². The number of hydrogen-bond donors (Lipinski definition) is 1. The summed E-state index contributed by atoms with van der Waals surface area (Å²) in [6.45, 7) is 2.09. The monoisotopic (exact) mass is 329 g/mol. The number of hydrogen-bond acceptors (Lipinski definition) is 5. The number of aryl methyl sites for hydroxylation is 1. The number of fused-ring (bicyclic) bond motifs is 2. The van der Waals surface area contributed by atoms with Crippen molar-refractivity contribution in [2.75, 3.05) is 0 Å². The molecule has 7 heteroatoms. The zero-order valence-corrected chi connectivity index (χ0v) is 13.4. The average Bonchev–Trinajstić information content (AvgIpc) is 2.80. The van der Waals surface area contributed by atoms with E-state index in [1.54, 1.807) is 10.6 Å². The molecule has 1 aromatic carbocycles. The van der Waals surface area contributed by atoms with Crippen molar-refractivity contribution in [3.63, 3.8) is 0 Å². The lowest BCUT2D eigenvalue weighted by Crippen LogP contribution is -2.30. The zero-order chi connectivity index (χ0) is 17.3. The normalized spacial score (nSPS) is 15.4. The Balaban J connectivity index is 2.01. The summed E-state index contributed by atoms with van der Waals surface area (Å²) in [6, 6.07) is 4.61. The average molecular weight is 329 g/mol. The third-order valence-corrected chi connectivity index (χ3v) is 4.24. The number of carbonyl (C=O) groups is 2. The van der Waals surface area contributed by atoms with E-state index in [-0.39, 0.29) is 11.1 Å². The summed E-state index contributed by atoms with van der Waals surface area (Å²) in [4.78, 5) is 40.3. The molecule has 2 N–H and O–H groups in total. The molecule has 0 aliphatic carbocycles. The summed E-state index contributed by atoms with van der Waals surface area (Å²) in [5, 5.41) is 0.472. The maximum absolute atomic E-state index is 12.6. The summed E-state index contributed by atoms with van der Waals surface area (Å²) >= 11 is 0. The van der Waals surface area contributed by atoms with Crippen LogP contribution < -0.4 is 11.3 Å². The molecule has 0 saturated carbocycles. The van der Waals surface area contributed by atoms with Gasteiger partial charge in [-0.15, -0.1) is 0 Å². The van der Waals surface area contributed by atoms with Gasteiger partial charge in [0.1, 0.15) is 5.82 Å². The first-order chi connectivity index (χ1) is 11.5. The quantitative estimate of drug-likeness (QED) is 0.851. The third-order valence-electron chi connectivity index (χ3n) is 4.24. The van der Waals surface area contributed by atoms with Crippen molar-refractivity contribution in [1.29, 1.82) is 0 Å². The van der Waals surface area contributed by atoms with Gasteiger partial charge in [0.05, 0.1) is 16.5 Å². The molecular weight excluding hydrogens is 310 g/mol. The van der Waals surface area contributed by atoms with Crippen molar-refractivity contribution in [2.24, 2.45) is 5.73 Å². The van der Waals surface area contributed by atoms with Crippen LogP contribution in [0.4, 0.5) is 0 Å². The fraction of sp³-hybridized carbons (Fsp3) is 0.412. The number of aromatic nitrogens is 2. The molecule has 0 unspecified atom stereocenters. The predicted molar refractivity (Wildman–Crippen MR) is 87.6 cm³/mol. The Morgan fingerprint density at radius 1 is 1.29 bits per heavy atom. The lowest BCUT2D eigenvalue weighted by molar-refractivity contribution is -0.125. The van der Waals surface area contributed by atoms with Crippen LogP contribution in [0.25, 0.3) is 10.9 Å². The maximum Gasteiger partial charge on any atom is 0.338 e. The molecule has 2 aromatic rings. The molecular formula is C17H19N3O4. The highest BCUT2D eigenvalue weighted by molar-refractivity contribution is 5.95. The van der Waals surface area contributed by atoms with Crippen LogP contribution in [0.1, 0.15) is 42.4 Å². The van der Waals surface area contributed by atoms with E-state index in [1.165, 1.54) is 19.1 Å². The number of rotatable bonds is 3. The molecule has 2 heterocycles. The van der Waals surface area contributed by atoms with Gasteiger partial charge in [-0.25, -0.2) is 9.78 Å². The lowest BCUT2D eigenvalue weighted by Gasteiger charge is -2.12. The molecule has 24 heavy (non-hydrogen) atoms. The molecule has 0 spiro atoms. The van der Waals surface area contributed by atoms with Gasteiger partial charge in [-0.2, -0.15) is 0 Å². The fourth-order valence-electron chi connectivity index (χ4n) is 2.83. The van der Waals surface area contributed by atoms with Crippen LogP contribution in [0.15, 0.2) is 23.0 Å². The van der Waals surface area contributed by atoms with Gasteiger partial charge in [0.2, 0.25) is 0 Å². The van der Waals surface area contributed by atoms with Gasteiger partial charge in [-0.1, -0.05) is 6.42 Å². The summed E-state index contributed by atoms with van der Waals surface area (Å²) in [5.41, 5.74) is 5.71. The number of ether oxygens (including phenoxy) is 1. The largest absolute Gasteiger partial charge is 0.449 e. The van der Waals surface area contributed by atoms with E-state index in [0.717, 1.165) is 31.5 Å². The highest BCUT2D eigenvalue weighted by atomic mass is 16.5. The van der Waals surface area contributed by atoms with Gasteiger partial charge in [0, 0.05) is 13.0 Å². The SMILES string of the molecule is C[C@@H](OC(=O)c1ccc2c(=O)n3c(nc2c1)CCCCC3)C(N)=O. The Hall–Kier alpha value is -2.70. The summed E-state index contributed by atoms with van der Waals surface area (Å²) in [7, 11) is 0. The van der Waals surface area contributed by atoms with Crippen LogP contribution in [-0.2, 0) is 22.5 Å². The zero-order valence-electron chi connectivity index (χ0n) is 13.4. The van der Waals surface area contributed by atoms with Crippen molar-refractivity contribution in [1.82, 2.24) is 9.55 Å². The fourth-order valence-corrected chi connectivity index (χ4v) is 2.83. The molecule has 7 nitrogen and oxygen atoms in total. The van der Waals surface area contributed by atoms with Crippen molar-refractivity contribution < 1.29 is 14.3 Å². The van der Waals surface area contributed by atoms with Crippen LogP contribution >= 0.6 is 0 Å². The molecule has 0 bridgehead atoms. The van der Waals surface area contributed by atoms with Gasteiger partial charge in [-0.05, 0) is 38.0 Å². The number of primary amides is 1. The van der Waals surface area contributed by atoms with Gasteiger partial charge in [0.25, 0.3) is 11.5 Å². The molecule has 0 fully saturated rings. The van der Waals surface area contributed by atoms with Crippen LogP contribution in [-0.4, -0.2) is 27.5 Å². The Labute approximate surface area is 138 Å². The Morgan fingerprint density at radius 2 is 2.08 bits per heavy atom. The summed E-state index contributed by atoms with van der Waals surface area (Å²) < 4.78 is 6.71.